The zero-order chi connectivity index (χ0) is 17.9. The number of ether oxygens (including phenoxy) is 1. The van der Waals surface area contributed by atoms with Gasteiger partial charge in [0.05, 0.1) is 12.0 Å². The summed E-state index contributed by atoms with van der Waals surface area (Å²) in [6.07, 6.45) is 1.74. The number of piperidine rings is 1. The van der Waals surface area contributed by atoms with Crippen molar-refractivity contribution in [3.8, 4) is 0 Å². The number of hydrogen-bond donors (Lipinski definition) is 1. The van der Waals surface area contributed by atoms with Gasteiger partial charge in [-0.1, -0.05) is 12.1 Å². The zero-order valence-corrected chi connectivity index (χ0v) is 15.8. The van der Waals surface area contributed by atoms with E-state index in [4.69, 9.17) is 4.74 Å². The van der Waals surface area contributed by atoms with Crippen LogP contribution in [-0.4, -0.2) is 63.8 Å². The Morgan fingerprint density at radius 2 is 1.84 bits per heavy atom. The SMILES string of the molecule is COCC1(C(=O)N2CCN(c3cccc(C)c3C)CC2)CCNCC1. The summed E-state index contributed by atoms with van der Waals surface area (Å²) in [5, 5.41) is 3.36. The van der Waals surface area contributed by atoms with Crippen LogP contribution in [-0.2, 0) is 9.53 Å². The predicted molar refractivity (Wildman–Crippen MR) is 101 cm³/mol. The van der Waals surface area contributed by atoms with E-state index in [2.05, 4.69) is 47.2 Å². The molecule has 1 aromatic carbocycles. The molecule has 0 atom stereocenters. The molecule has 0 aliphatic carbocycles. The van der Waals surface area contributed by atoms with Crippen molar-refractivity contribution < 1.29 is 9.53 Å². The van der Waals surface area contributed by atoms with Crippen molar-refractivity contribution in [1.82, 2.24) is 10.2 Å². The minimum Gasteiger partial charge on any atom is -0.384 e. The van der Waals surface area contributed by atoms with Gasteiger partial charge in [-0.25, -0.2) is 0 Å². The fourth-order valence-corrected chi connectivity index (χ4v) is 4.17. The van der Waals surface area contributed by atoms with E-state index in [1.165, 1.54) is 16.8 Å². The van der Waals surface area contributed by atoms with Crippen molar-refractivity contribution in [3.63, 3.8) is 0 Å². The second-order valence-electron chi connectivity index (χ2n) is 7.46. The van der Waals surface area contributed by atoms with Gasteiger partial charge in [0.2, 0.25) is 5.91 Å². The second-order valence-corrected chi connectivity index (χ2v) is 7.46. The van der Waals surface area contributed by atoms with Crippen LogP contribution in [0.2, 0.25) is 0 Å². The summed E-state index contributed by atoms with van der Waals surface area (Å²) in [4.78, 5) is 17.7. The fraction of sp³-hybridized carbons (Fsp3) is 0.650. The molecule has 2 aliphatic heterocycles. The number of nitrogens with zero attached hydrogens (tertiary/aromatic N) is 2. The Kier molecular flexibility index (Phi) is 5.64. The minimum atomic E-state index is -0.332. The third-order valence-corrected chi connectivity index (χ3v) is 5.92. The number of benzene rings is 1. The number of methoxy groups -OCH3 is 1. The van der Waals surface area contributed by atoms with E-state index < -0.39 is 0 Å². The highest BCUT2D eigenvalue weighted by Crippen LogP contribution is 2.32. The maximum absolute atomic E-state index is 13.2. The molecule has 138 valence electrons. The average molecular weight is 345 g/mol. The highest BCUT2D eigenvalue weighted by molar-refractivity contribution is 5.83. The van der Waals surface area contributed by atoms with Gasteiger partial charge in [-0.05, 0) is 57.0 Å². The molecule has 2 saturated heterocycles. The van der Waals surface area contributed by atoms with E-state index in [-0.39, 0.29) is 11.3 Å². The van der Waals surface area contributed by atoms with E-state index in [1.807, 2.05) is 0 Å². The first-order valence-corrected chi connectivity index (χ1v) is 9.37. The van der Waals surface area contributed by atoms with Crippen LogP contribution in [0.4, 0.5) is 5.69 Å². The maximum Gasteiger partial charge on any atom is 0.231 e. The monoisotopic (exact) mass is 345 g/mol. The molecule has 25 heavy (non-hydrogen) atoms. The van der Waals surface area contributed by atoms with Gasteiger partial charge in [-0.15, -0.1) is 0 Å². The molecule has 0 bridgehead atoms. The van der Waals surface area contributed by atoms with Crippen molar-refractivity contribution in [1.29, 1.82) is 0 Å². The first-order chi connectivity index (χ1) is 12.1. The molecule has 2 heterocycles. The van der Waals surface area contributed by atoms with Gasteiger partial charge in [0.1, 0.15) is 0 Å². The molecule has 0 radical (unpaired) electrons. The Morgan fingerprint density at radius 3 is 2.48 bits per heavy atom. The van der Waals surface area contributed by atoms with Crippen LogP contribution < -0.4 is 10.2 Å². The molecule has 1 aromatic rings. The Morgan fingerprint density at radius 1 is 1.16 bits per heavy atom. The summed E-state index contributed by atoms with van der Waals surface area (Å²) in [7, 11) is 1.70. The normalized spacial score (nSPS) is 20.6. The topological polar surface area (TPSA) is 44.8 Å². The molecule has 0 aromatic heterocycles. The van der Waals surface area contributed by atoms with Crippen LogP contribution in [0.5, 0.6) is 0 Å². The summed E-state index contributed by atoms with van der Waals surface area (Å²) >= 11 is 0. The molecule has 5 nitrogen and oxygen atoms in total. The third-order valence-electron chi connectivity index (χ3n) is 5.92. The first kappa shape index (κ1) is 18.2. The summed E-state index contributed by atoms with van der Waals surface area (Å²) in [6.45, 7) is 10.1. The van der Waals surface area contributed by atoms with Crippen LogP contribution in [0.1, 0.15) is 24.0 Å². The van der Waals surface area contributed by atoms with Crippen LogP contribution >= 0.6 is 0 Å². The van der Waals surface area contributed by atoms with Crippen molar-refractivity contribution in [3.05, 3.63) is 29.3 Å². The van der Waals surface area contributed by atoms with Crippen LogP contribution in [0.15, 0.2) is 18.2 Å². The molecular weight excluding hydrogens is 314 g/mol. The number of anilines is 1. The highest BCUT2D eigenvalue weighted by atomic mass is 16.5. The lowest BCUT2D eigenvalue weighted by Crippen LogP contribution is -2.56. The number of aryl methyl sites for hydroxylation is 1. The van der Waals surface area contributed by atoms with E-state index in [0.29, 0.717) is 6.61 Å². The molecule has 0 unspecified atom stereocenters. The van der Waals surface area contributed by atoms with E-state index in [9.17, 15) is 4.79 Å². The zero-order valence-electron chi connectivity index (χ0n) is 15.8. The molecule has 1 N–H and O–H groups in total. The summed E-state index contributed by atoms with van der Waals surface area (Å²) in [5.41, 5.74) is 3.64. The van der Waals surface area contributed by atoms with Gasteiger partial charge in [0, 0.05) is 39.0 Å². The third kappa shape index (κ3) is 3.67. The molecule has 1 amide bonds. The molecule has 0 saturated carbocycles. The van der Waals surface area contributed by atoms with Gasteiger partial charge in [-0.2, -0.15) is 0 Å². The van der Waals surface area contributed by atoms with Gasteiger partial charge in [0.25, 0.3) is 0 Å². The van der Waals surface area contributed by atoms with E-state index in [0.717, 1.165) is 52.1 Å². The number of hydrogen-bond acceptors (Lipinski definition) is 4. The summed E-state index contributed by atoms with van der Waals surface area (Å²) in [6, 6.07) is 6.47. The number of rotatable bonds is 4. The number of piperazine rings is 1. The van der Waals surface area contributed by atoms with Gasteiger partial charge >= 0.3 is 0 Å². The Hall–Kier alpha value is -1.59. The van der Waals surface area contributed by atoms with Gasteiger partial charge in [-0.3, -0.25) is 4.79 Å². The van der Waals surface area contributed by atoms with Crippen LogP contribution in [0.25, 0.3) is 0 Å². The fourth-order valence-electron chi connectivity index (χ4n) is 4.17. The predicted octanol–water partition coefficient (Wildman–Crippen LogP) is 1.97. The molecule has 2 aliphatic rings. The largest absolute Gasteiger partial charge is 0.384 e. The lowest BCUT2D eigenvalue weighted by molar-refractivity contribution is -0.147. The maximum atomic E-state index is 13.2. The lowest BCUT2D eigenvalue weighted by Gasteiger charge is -2.43. The average Bonchev–Trinajstić information content (AvgIpc) is 2.65. The summed E-state index contributed by atoms with van der Waals surface area (Å²) < 4.78 is 5.43. The van der Waals surface area contributed by atoms with Gasteiger partial charge in [0.15, 0.2) is 0 Å². The van der Waals surface area contributed by atoms with Crippen molar-refractivity contribution >= 4 is 11.6 Å². The van der Waals surface area contributed by atoms with E-state index >= 15 is 0 Å². The smallest absolute Gasteiger partial charge is 0.231 e. The Balaban J connectivity index is 1.67. The number of carbonyl (C=O) groups is 1. The molecular formula is C20H31N3O2. The number of carbonyl (C=O) groups excluding carboxylic acids is 1. The Bertz CT molecular complexity index is 597. The van der Waals surface area contributed by atoms with Gasteiger partial charge < -0.3 is 19.9 Å². The molecule has 0 spiro atoms. The first-order valence-electron chi connectivity index (χ1n) is 9.37. The van der Waals surface area contributed by atoms with Crippen molar-refractivity contribution in [2.45, 2.75) is 26.7 Å². The molecule has 2 fully saturated rings. The second kappa shape index (κ2) is 7.75. The standard InChI is InChI=1S/C20H31N3O2/c1-16-5-4-6-18(17(16)2)22-11-13-23(14-12-22)19(24)20(15-25-3)7-9-21-10-8-20/h4-6,21H,7-15H2,1-3H3. The quantitative estimate of drug-likeness (QED) is 0.906. The highest BCUT2D eigenvalue weighted by Gasteiger charge is 2.42. The Labute approximate surface area is 151 Å². The van der Waals surface area contributed by atoms with E-state index in [1.54, 1.807) is 7.11 Å². The molecule has 3 rings (SSSR count). The minimum absolute atomic E-state index is 0.288. The van der Waals surface area contributed by atoms with Crippen molar-refractivity contribution in [2.75, 3.05) is 57.9 Å². The molecule has 5 heteroatoms. The lowest BCUT2D eigenvalue weighted by atomic mass is 9.78. The van der Waals surface area contributed by atoms with Crippen molar-refractivity contribution in [2.24, 2.45) is 5.41 Å². The number of amides is 1. The summed E-state index contributed by atoms with van der Waals surface area (Å²) in [5.74, 6) is 0.288. The number of nitrogens with one attached hydrogen (secondary N) is 1. The van der Waals surface area contributed by atoms with Crippen LogP contribution in [0.3, 0.4) is 0 Å². The van der Waals surface area contributed by atoms with Crippen LogP contribution in [0, 0.1) is 19.3 Å².